The summed E-state index contributed by atoms with van der Waals surface area (Å²) in [6.45, 7) is 0. The summed E-state index contributed by atoms with van der Waals surface area (Å²) in [7, 11) is 0. The summed E-state index contributed by atoms with van der Waals surface area (Å²) in [5.74, 6) is 3.46. The first kappa shape index (κ1) is 30.8. The average Bonchev–Trinajstić information content (AvgIpc) is 3.75. The van der Waals surface area contributed by atoms with Gasteiger partial charge in [0.2, 0.25) is 0 Å². The molecule has 0 radical (unpaired) electrons. The molecule has 1 spiro atoms. The molecule has 0 N–H and O–H groups in total. The second-order valence-electron chi connectivity index (χ2n) is 17.2. The lowest BCUT2D eigenvalue weighted by Crippen LogP contribution is -2.55. The number of thiophene rings is 1. The van der Waals surface area contributed by atoms with Gasteiger partial charge in [0.25, 0.3) is 0 Å². The highest BCUT2D eigenvalue weighted by molar-refractivity contribution is 7.25. The van der Waals surface area contributed by atoms with Crippen molar-refractivity contribution in [1.82, 2.24) is 0 Å². The zero-order chi connectivity index (χ0) is 35.8. The molecular formula is C54H40S. The van der Waals surface area contributed by atoms with Crippen LogP contribution in [0.4, 0.5) is 0 Å². The molecule has 5 aliphatic rings. The predicted octanol–water partition coefficient (Wildman–Crippen LogP) is 15.1. The highest BCUT2D eigenvalue weighted by Crippen LogP contribution is 2.69. The summed E-state index contributed by atoms with van der Waals surface area (Å²) in [6, 6.07) is 60.5. The van der Waals surface area contributed by atoms with Gasteiger partial charge >= 0.3 is 0 Å². The second kappa shape index (κ2) is 11.3. The van der Waals surface area contributed by atoms with E-state index in [0.717, 1.165) is 23.7 Å². The van der Waals surface area contributed by atoms with E-state index in [1.807, 2.05) is 11.3 Å². The smallest absolute Gasteiger partial charge is 0.0361 e. The number of fused-ring (bicyclic) bond motifs is 8. The number of hydrogen-bond donors (Lipinski definition) is 0. The van der Waals surface area contributed by atoms with Crippen LogP contribution in [0.5, 0.6) is 0 Å². The molecule has 55 heavy (non-hydrogen) atoms. The Labute approximate surface area is 326 Å². The standard InChI is InChI=1S/C54H40S/c1-3-13-46-44(11-1)52(45-12-2-4-14-47(45)53(46)37-22-24-43-42-10-6-8-16-50(42)55-51(43)31-37)35-19-17-34(18-20-35)36-21-23-41-40-9-5-7-15-48(40)54(49(41)30-36)38-26-32-25-33(28-38)29-39(54)27-32/h1-24,30-33,38-39H,25-29H2. The third-order valence-corrected chi connectivity index (χ3v) is 15.8. The monoisotopic (exact) mass is 720 g/mol. The molecule has 8 aromatic carbocycles. The molecule has 0 aliphatic heterocycles. The molecule has 1 heteroatoms. The maximum atomic E-state index is 2.62. The van der Waals surface area contributed by atoms with E-state index in [4.69, 9.17) is 0 Å². The van der Waals surface area contributed by atoms with Gasteiger partial charge in [0, 0.05) is 25.6 Å². The Hall–Kier alpha value is -5.50. The van der Waals surface area contributed by atoms with Crippen LogP contribution in [-0.2, 0) is 5.41 Å². The van der Waals surface area contributed by atoms with Crippen molar-refractivity contribution in [3.63, 3.8) is 0 Å². The summed E-state index contributed by atoms with van der Waals surface area (Å²) >= 11 is 1.90. The quantitative estimate of drug-likeness (QED) is 0.159. The Morgan fingerprint density at radius 1 is 0.364 bits per heavy atom. The maximum Gasteiger partial charge on any atom is 0.0361 e. The molecule has 4 saturated carbocycles. The van der Waals surface area contributed by atoms with Gasteiger partial charge in [0.15, 0.2) is 0 Å². The molecule has 0 unspecified atom stereocenters. The zero-order valence-electron chi connectivity index (χ0n) is 30.8. The Balaban J connectivity index is 0.944. The van der Waals surface area contributed by atoms with E-state index in [-0.39, 0.29) is 5.41 Å². The van der Waals surface area contributed by atoms with E-state index in [1.54, 1.807) is 11.1 Å². The SMILES string of the molecule is c1ccc2c(c1)-c1ccc(-c3ccc(-c4c5ccccc5c(-c5ccc6c(c5)sc5ccccc56)c5ccccc45)cc3)cc1C21C2CC3CC(C2)CC1C3. The van der Waals surface area contributed by atoms with Gasteiger partial charge in [-0.3, -0.25) is 0 Å². The molecule has 5 aliphatic carbocycles. The van der Waals surface area contributed by atoms with Crippen molar-refractivity contribution in [3.8, 4) is 44.5 Å². The predicted molar refractivity (Wildman–Crippen MR) is 234 cm³/mol. The third-order valence-electron chi connectivity index (χ3n) is 14.7. The van der Waals surface area contributed by atoms with Gasteiger partial charge in [0.1, 0.15) is 0 Å². The van der Waals surface area contributed by atoms with Gasteiger partial charge in [-0.25, -0.2) is 0 Å². The van der Waals surface area contributed by atoms with Gasteiger partial charge in [0.05, 0.1) is 0 Å². The number of rotatable bonds is 3. The van der Waals surface area contributed by atoms with Crippen LogP contribution in [0.25, 0.3) is 86.2 Å². The van der Waals surface area contributed by atoms with Crippen molar-refractivity contribution >= 4 is 53.1 Å². The minimum absolute atomic E-state index is 0.191. The van der Waals surface area contributed by atoms with Crippen molar-refractivity contribution in [2.75, 3.05) is 0 Å². The molecule has 9 aromatic rings. The largest absolute Gasteiger partial charge is 0.135 e. The second-order valence-corrected chi connectivity index (χ2v) is 18.3. The Kier molecular flexibility index (Phi) is 6.31. The Bertz CT molecular complexity index is 2960. The van der Waals surface area contributed by atoms with Gasteiger partial charge in [-0.1, -0.05) is 140 Å². The summed E-state index contributed by atoms with van der Waals surface area (Å²) in [4.78, 5) is 0. The fraction of sp³-hybridized carbons (Fsp3) is 0.185. The lowest BCUT2D eigenvalue weighted by Gasteiger charge is -2.61. The van der Waals surface area contributed by atoms with Gasteiger partial charge in [-0.2, -0.15) is 0 Å². The van der Waals surface area contributed by atoms with Crippen molar-refractivity contribution in [2.24, 2.45) is 23.7 Å². The minimum atomic E-state index is 0.191. The lowest BCUT2D eigenvalue weighted by atomic mass is 9.43. The maximum absolute atomic E-state index is 2.62. The van der Waals surface area contributed by atoms with E-state index < -0.39 is 0 Å². The number of benzene rings is 8. The molecular weight excluding hydrogens is 681 g/mol. The fourth-order valence-corrected chi connectivity index (χ4v) is 13.9. The zero-order valence-corrected chi connectivity index (χ0v) is 31.6. The third kappa shape index (κ3) is 4.17. The summed E-state index contributed by atoms with van der Waals surface area (Å²) in [5.41, 5.74) is 14.3. The van der Waals surface area contributed by atoms with Crippen LogP contribution in [-0.4, -0.2) is 0 Å². The van der Waals surface area contributed by atoms with Gasteiger partial charge in [-0.05, 0) is 151 Å². The molecule has 262 valence electrons. The van der Waals surface area contributed by atoms with Crippen molar-refractivity contribution in [2.45, 2.75) is 37.5 Å². The summed E-state index contributed by atoms with van der Waals surface area (Å²) in [6.07, 6.45) is 7.15. The molecule has 4 bridgehead atoms. The van der Waals surface area contributed by atoms with Crippen LogP contribution >= 0.6 is 11.3 Å². The van der Waals surface area contributed by atoms with Crippen LogP contribution in [0, 0.1) is 23.7 Å². The highest BCUT2D eigenvalue weighted by atomic mass is 32.1. The van der Waals surface area contributed by atoms with E-state index in [1.165, 1.54) is 118 Å². The molecule has 0 amide bonds. The Morgan fingerprint density at radius 2 is 0.873 bits per heavy atom. The summed E-state index contributed by atoms with van der Waals surface area (Å²) < 4.78 is 2.69. The molecule has 1 heterocycles. The highest BCUT2D eigenvalue weighted by Gasteiger charge is 2.61. The van der Waals surface area contributed by atoms with Crippen molar-refractivity contribution < 1.29 is 0 Å². The van der Waals surface area contributed by atoms with E-state index in [2.05, 4.69) is 158 Å². The van der Waals surface area contributed by atoms with Crippen LogP contribution in [0.1, 0.15) is 43.2 Å². The molecule has 0 nitrogen and oxygen atoms in total. The summed E-state index contributed by atoms with van der Waals surface area (Å²) in [5, 5.41) is 7.91. The van der Waals surface area contributed by atoms with E-state index >= 15 is 0 Å². The normalized spacial score (nSPS) is 23.3. The first-order chi connectivity index (χ1) is 27.2. The van der Waals surface area contributed by atoms with Crippen LogP contribution in [0.15, 0.2) is 158 Å². The average molecular weight is 721 g/mol. The first-order valence-corrected chi connectivity index (χ1v) is 21.2. The van der Waals surface area contributed by atoms with Crippen LogP contribution in [0.2, 0.25) is 0 Å². The fourth-order valence-electron chi connectivity index (χ4n) is 12.8. The Morgan fingerprint density at radius 3 is 1.56 bits per heavy atom. The minimum Gasteiger partial charge on any atom is -0.135 e. The molecule has 0 atom stereocenters. The molecule has 1 aromatic heterocycles. The first-order valence-electron chi connectivity index (χ1n) is 20.4. The van der Waals surface area contributed by atoms with Gasteiger partial charge < -0.3 is 0 Å². The molecule has 4 fully saturated rings. The number of hydrogen-bond acceptors (Lipinski definition) is 1. The van der Waals surface area contributed by atoms with Crippen LogP contribution in [0.3, 0.4) is 0 Å². The van der Waals surface area contributed by atoms with Crippen molar-refractivity contribution in [3.05, 3.63) is 169 Å². The van der Waals surface area contributed by atoms with E-state index in [0.29, 0.717) is 0 Å². The topological polar surface area (TPSA) is 0 Å². The van der Waals surface area contributed by atoms with Crippen molar-refractivity contribution in [1.29, 1.82) is 0 Å². The lowest BCUT2D eigenvalue weighted by molar-refractivity contribution is -0.0399. The van der Waals surface area contributed by atoms with Crippen LogP contribution < -0.4 is 0 Å². The molecule has 0 saturated heterocycles. The molecule has 14 rings (SSSR count). The van der Waals surface area contributed by atoms with Gasteiger partial charge in [-0.15, -0.1) is 11.3 Å². The van der Waals surface area contributed by atoms with E-state index in [9.17, 15) is 0 Å².